The van der Waals surface area contributed by atoms with Crippen molar-refractivity contribution in [1.29, 1.82) is 0 Å². The van der Waals surface area contributed by atoms with E-state index < -0.39 is 0 Å². The highest BCUT2D eigenvalue weighted by molar-refractivity contribution is 5.85. The molecule has 5 nitrogen and oxygen atoms in total. The van der Waals surface area contributed by atoms with Crippen molar-refractivity contribution >= 4 is 12.4 Å². The molecule has 1 aromatic heterocycles. The molecule has 2 aromatic rings. The molecule has 1 aromatic carbocycles. The topological polar surface area (TPSA) is 50.5 Å². The summed E-state index contributed by atoms with van der Waals surface area (Å²) in [4.78, 5) is 2.37. The van der Waals surface area contributed by atoms with Crippen LogP contribution in [-0.4, -0.2) is 42.8 Å². The van der Waals surface area contributed by atoms with Gasteiger partial charge in [-0.25, -0.2) is 0 Å². The first-order chi connectivity index (χ1) is 11.3. The smallest absolute Gasteiger partial charge is 0.151 e. The lowest BCUT2D eigenvalue weighted by Crippen LogP contribution is -2.42. The summed E-state index contributed by atoms with van der Waals surface area (Å²) in [6.45, 7) is 9.30. The van der Waals surface area contributed by atoms with Gasteiger partial charge in [-0.15, -0.1) is 19.0 Å². The number of nitrogens with one attached hydrogen (secondary N) is 1. The van der Waals surface area contributed by atoms with Crippen molar-refractivity contribution in [2.75, 3.05) is 32.8 Å². The van der Waals surface area contributed by atoms with Gasteiger partial charge in [-0.3, -0.25) is 4.90 Å². The molecular weight excluding hydrogens is 326 g/mol. The summed E-state index contributed by atoms with van der Waals surface area (Å²) in [5.41, 5.74) is 1.86. The molecule has 1 N–H and O–H groups in total. The van der Waals surface area contributed by atoms with Gasteiger partial charge in [0.15, 0.2) is 5.76 Å². The third-order valence-electron chi connectivity index (χ3n) is 3.87. The first-order valence-corrected chi connectivity index (χ1v) is 8.08. The Hall–Kier alpha value is -1.82. The van der Waals surface area contributed by atoms with Crippen molar-refractivity contribution in [2.45, 2.75) is 13.0 Å². The van der Waals surface area contributed by atoms with E-state index in [0.29, 0.717) is 6.61 Å². The first kappa shape index (κ1) is 18.5. The van der Waals surface area contributed by atoms with Gasteiger partial charge in [0.1, 0.15) is 11.4 Å². The lowest BCUT2D eigenvalue weighted by molar-refractivity contribution is 0.207. The van der Waals surface area contributed by atoms with E-state index in [2.05, 4.69) is 22.0 Å². The standard InChI is InChI=1S/C18H23N3O2.ClH/c1-2-3-11-22-16-6-4-5-15(12-16)18-13-17(23-20-18)14-21-9-7-19-8-10-21;/h2,4-6,12-13,19H,1,3,7-11,14H2;1H. The summed E-state index contributed by atoms with van der Waals surface area (Å²) in [6.07, 6.45) is 2.69. The molecule has 0 radical (unpaired) electrons. The molecule has 3 rings (SSSR count). The average Bonchev–Trinajstić information content (AvgIpc) is 3.05. The molecule has 130 valence electrons. The molecule has 6 heteroatoms. The van der Waals surface area contributed by atoms with Gasteiger partial charge in [0, 0.05) is 37.8 Å². The number of benzene rings is 1. The van der Waals surface area contributed by atoms with Gasteiger partial charge in [0.2, 0.25) is 0 Å². The fraction of sp³-hybridized carbons (Fsp3) is 0.389. The van der Waals surface area contributed by atoms with Crippen LogP contribution in [0.3, 0.4) is 0 Å². The fourth-order valence-electron chi connectivity index (χ4n) is 2.62. The van der Waals surface area contributed by atoms with E-state index in [1.165, 1.54) is 0 Å². The van der Waals surface area contributed by atoms with E-state index >= 15 is 0 Å². The van der Waals surface area contributed by atoms with Crippen LogP contribution >= 0.6 is 12.4 Å². The highest BCUT2D eigenvalue weighted by Gasteiger charge is 2.14. The molecule has 1 fully saturated rings. The maximum absolute atomic E-state index is 5.69. The van der Waals surface area contributed by atoms with E-state index in [-0.39, 0.29) is 12.4 Å². The minimum absolute atomic E-state index is 0. The second-order valence-electron chi connectivity index (χ2n) is 5.66. The van der Waals surface area contributed by atoms with Gasteiger partial charge in [-0.1, -0.05) is 23.4 Å². The number of ether oxygens (including phenoxy) is 1. The number of hydrogen-bond donors (Lipinski definition) is 1. The molecule has 1 aliphatic heterocycles. The summed E-state index contributed by atoms with van der Waals surface area (Å²) >= 11 is 0. The zero-order valence-corrected chi connectivity index (χ0v) is 14.6. The molecule has 2 heterocycles. The van der Waals surface area contributed by atoms with E-state index in [1.54, 1.807) is 0 Å². The number of piperazine rings is 1. The summed E-state index contributed by atoms with van der Waals surface area (Å²) in [5, 5.41) is 7.55. The van der Waals surface area contributed by atoms with E-state index in [0.717, 1.165) is 61.9 Å². The van der Waals surface area contributed by atoms with Crippen molar-refractivity contribution in [3.8, 4) is 17.0 Å². The van der Waals surface area contributed by atoms with Crippen molar-refractivity contribution in [3.05, 3.63) is 48.7 Å². The molecule has 0 amide bonds. The first-order valence-electron chi connectivity index (χ1n) is 8.08. The third kappa shape index (κ3) is 5.09. The molecule has 1 aliphatic rings. The Kier molecular flexibility index (Phi) is 7.31. The van der Waals surface area contributed by atoms with Gasteiger partial charge in [0.25, 0.3) is 0 Å². The maximum atomic E-state index is 5.69. The molecule has 0 bridgehead atoms. The third-order valence-corrected chi connectivity index (χ3v) is 3.87. The number of hydrogen-bond acceptors (Lipinski definition) is 5. The summed E-state index contributed by atoms with van der Waals surface area (Å²) in [6, 6.07) is 9.96. The Morgan fingerprint density at radius 1 is 1.29 bits per heavy atom. The van der Waals surface area contributed by atoms with Gasteiger partial charge in [-0.05, 0) is 18.6 Å². The maximum Gasteiger partial charge on any atom is 0.151 e. The summed E-state index contributed by atoms with van der Waals surface area (Å²) in [7, 11) is 0. The molecule has 0 aliphatic carbocycles. The van der Waals surface area contributed by atoms with Gasteiger partial charge >= 0.3 is 0 Å². The summed E-state index contributed by atoms with van der Waals surface area (Å²) < 4.78 is 11.2. The molecule has 0 saturated carbocycles. The van der Waals surface area contributed by atoms with Gasteiger partial charge < -0.3 is 14.6 Å². The van der Waals surface area contributed by atoms with Crippen molar-refractivity contribution in [3.63, 3.8) is 0 Å². The molecule has 0 spiro atoms. The van der Waals surface area contributed by atoms with Crippen LogP contribution in [0.2, 0.25) is 0 Å². The number of aromatic nitrogens is 1. The SMILES string of the molecule is C=CCCOc1cccc(-c2cc(CN3CCNCC3)on2)c1.Cl. The average molecular weight is 350 g/mol. The lowest BCUT2D eigenvalue weighted by atomic mass is 10.1. The predicted octanol–water partition coefficient (Wildman–Crippen LogP) is 3.12. The monoisotopic (exact) mass is 349 g/mol. The minimum Gasteiger partial charge on any atom is -0.493 e. The number of nitrogens with zero attached hydrogens (tertiary/aromatic N) is 2. The molecule has 24 heavy (non-hydrogen) atoms. The van der Waals surface area contributed by atoms with Crippen LogP contribution in [0.15, 0.2) is 47.5 Å². The molecule has 0 unspecified atom stereocenters. The lowest BCUT2D eigenvalue weighted by Gasteiger charge is -2.25. The zero-order valence-electron chi connectivity index (χ0n) is 13.7. The van der Waals surface area contributed by atoms with Crippen LogP contribution in [0.5, 0.6) is 5.75 Å². The zero-order chi connectivity index (χ0) is 15.9. The number of halogens is 1. The molecular formula is C18H24ClN3O2. The normalized spacial score (nSPS) is 14.8. The Balaban J connectivity index is 0.00000208. The minimum atomic E-state index is 0. The Morgan fingerprint density at radius 2 is 2.12 bits per heavy atom. The second kappa shape index (κ2) is 9.47. The quantitative estimate of drug-likeness (QED) is 0.614. The van der Waals surface area contributed by atoms with E-state index in [4.69, 9.17) is 9.26 Å². The highest BCUT2D eigenvalue weighted by atomic mass is 35.5. The van der Waals surface area contributed by atoms with Crippen LogP contribution in [-0.2, 0) is 6.54 Å². The Labute approximate surface area is 149 Å². The number of rotatable bonds is 7. The van der Waals surface area contributed by atoms with Gasteiger partial charge in [0.05, 0.1) is 13.2 Å². The largest absolute Gasteiger partial charge is 0.493 e. The molecule has 1 saturated heterocycles. The highest BCUT2D eigenvalue weighted by Crippen LogP contribution is 2.24. The second-order valence-corrected chi connectivity index (χ2v) is 5.66. The van der Waals surface area contributed by atoms with E-state index in [1.807, 2.05) is 36.4 Å². The van der Waals surface area contributed by atoms with Gasteiger partial charge in [-0.2, -0.15) is 0 Å². The van der Waals surface area contributed by atoms with Crippen molar-refractivity contribution in [1.82, 2.24) is 15.4 Å². The van der Waals surface area contributed by atoms with Crippen LogP contribution < -0.4 is 10.1 Å². The predicted molar refractivity (Wildman–Crippen MR) is 97.6 cm³/mol. The van der Waals surface area contributed by atoms with Crippen molar-refractivity contribution in [2.24, 2.45) is 0 Å². The Bertz CT molecular complexity index is 639. The van der Waals surface area contributed by atoms with Crippen molar-refractivity contribution < 1.29 is 9.26 Å². The summed E-state index contributed by atoms with van der Waals surface area (Å²) in [5.74, 6) is 1.75. The van der Waals surface area contributed by atoms with Crippen LogP contribution in [0.25, 0.3) is 11.3 Å². The van der Waals surface area contributed by atoms with E-state index in [9.17, 15) is 0 Å². The van der Waals surface area contributed by atoms with Crippen LogP contribution in [0.4, 0.5) is 0 Å². The van der Waals surface area contributed by atoms with Crippen LogP contribution in [0, 0.1) is 0 Å². The fourth-order valence-corrected chi connectivity index (χ4v) is 2.62. The van der Waals surface area contributed by atoms with Crippen LogP contribution in [0.1, 0.15) is 12.2 Å². The Morgan fingerprint density at radius 3 is 2.92 bits per heavy atom. The molecule has 0 atom stereocenters.